The molecule has 1 amide bonds. The van der Waals surface area contributed by atoms with Crippen LogP contribution in [0.5, 0.6) is 0 Å². The third-order valence-corrected chi connectivity index (χ3v) is 5.98. The van der Waals surface area contributed by atoms with Crippen LogP contribution in [0.15, 0.2) is 36.7 Å². The summed E-state index contributed by atoms with van der Waals surface area (Å²) in [6, 6.07) is 8.10. The molecule has 9 heteroatoms. The number of carbonyl (C=O) groups excluding carboxylic acids is 1. The Morgan fingerprint density at radius 3 is 2.63 bits per heavy atom. The lowest BCUT2D eigenvalue weighted by Gasteiger charge is -2.20. The van der Waals surface area contributed by atoms with Gasteiger partial charge in [0, 0.05) is 41.8 Å². The van der Waals surface area contributed by atoms with Gasteiger partial charge in [0.15, 0.2) is 0 Å². The number of fused-ring (bicyclic) bond motifs is 1. The van der Waals surface area contributed by atoms with Crippen LogP contribution in [0.3, 0.4) is 0 Å². The predicted molar refractivity (Wildman–Crippen MR) is 141 cm³/mol. The Kier molecular flexibility index (Phi) is 7.23. The molecule has 1 aliphatic rings. The molecular formula is C26H32ClN7O. The van der Waals surface area contributed by atoms with Crippen molar-refractivity contribution in [3.05, 3.63) is 64.1 Å². The molecule has 0 radical (unpaired) electrons. The van der Waals surface area contributed by atoms with Gasteiger partial charge in [-0.25, -0.2) is 4.98 Å². The maximum absolute atomic E-state index is 12.9. The van der Waals surface area contributed by atoms with Gasteiger partial charge in [0.05, 0.1) is 10.7 Å². The number of pyridine rings is 1. The van der Waals surface area contributed by atoms with Gasteiger partial charge in [0.25, 0.3) is 5.91 Å². The van der Waals surface area contributed by atoms with Crippen molar-refractivity contribution in [3.8, 4) is 0 Å². The van der Waals surface area contributed by atoms with Crippen LogP contribution in [0.1, 0.15) is 61.8 Å². The second kappa shape index (κ2) is 10.2. The minimum Gasteiger partial charge on any atom is -0.350 e. The first kappa shape index (κ1) is 24.9. The summed E-state index contributed by atoms with van der Waals surface area (Å²) in [5, 5.41) is 13.3. The van der Waals surface area contributed by atoms with Crippen molar-refractivity contribution in [2.45, 2.75) is 59.0 Å². The number of anilines is 4. The van der Waals surface area contributed by atoms with Crippen LogP contribution in [0.4, 0.5) is 23.1 Å². The number of nitrogens with one attached hydrogen (secondary N) is 4. The number of benzene rings is 1. The van der Waals surface area contributed by atoms with Gasteiger partial charge in [-0.05, 0) is 56.1 Å². The van der Waals surface area contributed by atoms with Crippen molar-refractivity contribution in [1.82, 2.24) is 25.6 Å². The highest BCUT2D eigenvalue weighted by atomic mass is 35.5. The van der Waals surface area contributed by atoms with Gasteiger partial charge in [0.2, 0.25) is 5.95 Å². The molecular weight excluding hydrogens is 462 g/mol. The van der Waals surface area contributed by atoms with Gasteiger partial charge in [0.1, 0.15) is 11.4 Å². The lowest BCUT2D eigenvalue weighted by atomic mass is 9.91. The molecule has 0 unspecified atom stereocenters. The SMILES string of the molecule is CC(C)NC(=O)c1cnc(Nc2ccc3c(c2)CCNC3)nc1Nc1cc(C(C)(C)C)ncc1Cl. The van der Waals surface area contributed by atoms with E-state index >= 15 is 0 Å². The topological polar surface area (TPSA) is 104 Å². The summed E-state index contributed by atoms with van der Waals surface area (Å²) in [6.45, 7) is 11.9. The Labute approximate surface area is 211 Å². The largest absolute Gasteiger partial charge is 0.350 e. The Bertz CT molecular complexity index is 1240. The zero-order chi connectivity index (χ0) is 25.2. The fourth-order valence-corrected chi connectivity index (χ4v) is 3.95. The molecule has 2 aromatic heterocycles. The molecule has 35 heavy (non-hydrogen) atoms. The zero-order valence-electron chi connectivity index (χ0n) is 20.8. The molecule has 0 atom stereocenters. The van der Waals surface area contributed by atoms with E-state index in [2.05, 4.69) is 69.1 Å². The lowest BCUT2D eigenvalue weighted by Crippen LogP contribution is -2.31. The zero-order valence-corrected chi connectivity index (χ0v) is 21.5. The van der Waals surface area contributed by atoms with Crippen LogP contribution in [0.2, 0.25) is 5.02 Å². The van der Waals surface area contributed by atoms with Crippen molar-refractivity contribution in [2.75, 3.05) is 17.2 Å². The summed E-state index contributed by atoms with van der Waals surface area (Å²) in [4.78, 5) is 26.4. The summed E-state index contributed by atoms with van der Waals surface area (Å²) < 4.78 is 0. The molecule has 1 aliphatic heterocycles. The van der Waals surface area contributed by atoms with Gasteiger partial charge in [-0.2, -0.15) is 4.98 Å². The van der Waals surface area contributed by atoms with E-state index in [1.807, 2.05) is 26.0 Å². The van der Waals surface area contributed by atoms with Crippen LogP contribution in [-0.2, 0) is 18.4 Å². The fraction of sp³-hybridized carbons (Fsp3) is 0.385. The Morgan fingerprint density at radius 1 is 1.09 bits per heavy atom. The summed E-state index contributed by atoms with van der Waals surface area (Å²) in [7, 11) is 0. The first-order valence-electron chi connectivity index (χ1n) is 11.8. The molecule has 4 rings (SSSR count). The standard InChI is InChI=1S/C26H32ClN7O/c1-15(2)31-24(35)19-13-30-25(32-18-7-6-17-12-28-9-8-16(17)10-18)34-23(19)33-21-11-22(26(3,4)5)29-14-20(21)27/h6-7,10-11,13-15,28H,8-9,12H2,1-5H3,(H,31,35)(H2,29,30,32,33,34). The smallest absolute Gasteiger partial charge is 0.256 e. The molecule has 0 saturated carbocycles. The van der Waals surface area contributed by atoms with E-state index in [4.69, 9.17) is 11.6 Å². The molecule has 0 aliphatic carbocycles. The second-order valence-electron chi connectivity index (χ2n) is 10.0. The Hall–Kier alpha value is -3.23. The van der Waals surface area contributed by atoms with Gasteiger partial charge in [-0.15, -0.1) is 0 Å². The maximum Gasteiger partial charge on any atom is 0.256 e. The van der Waals surface area contributed by atoms with E-state index in [1.54, 1.807) is 6.20 Å². The number of nitrogens with zero attached hydrogens (tertiary/aromatic N) is 3. The van der Waals surface area contributed by atoms with Crippen molar-refractivity contribution < 1.29 is 4.79 Å². The van der Waals surface area contributed by atoms with Crippen LogP contribution in [0, 0.1) is 0 Å². The monoisotopic (exact) mass is 493 g/mol. The molecule has 184 valence electrons. The van der Waals surface area contributed by atoms with Crippen LogP contribution in [0.25, 0.3) is 0 Å². The van der Waals surface area contributed by atoms with Crippen LogP contribution in [-0.4, -0.2) is 33.4 Å². The Balaban J connectivity index is 1.68. The highest BCUT2D eigenvalue weighted by Crippen LogP contribution is 2.31. The van der Waals surface area contributed by atoms with Crippen LogP contribution < -0.4 is 21.3 Å². The molecule has 0 fully saturated rings. The quantitative estimate of drug-likeness (QED) is 0.379. The maximum atomic E-state index is 12.9. The normalized spacial score (nSPS) is 13.3. The third kappa shape index (κ3) is 6.07. The fourth-order valence-electron chi connectivity index (χ4n) is 3.80. The van der Waals surface area contributed by atoms with E-state index in [0.717, 1.165) is 30.9 Å². The number of amides is 1. The number of hydrogen-bond acceptors (Lipinski definition) is 7. The van der Waals surface area contributed by atoms with Crippen molar-refractivity contribution in [3.63, 3.8) is 0 Å². The van der Waals surface area contributed by atoms with Crippen molar-refractivity contribution in [1.29, 1.82) is 0 Å². The lowest BCUT2D eigenvalue weighted by molar-refractivity contribution is 0.0943. The van der Waals surface area contributed by atoms with Gasteiger partial charge < -0.3 is 21.3 Å². The highest BCUT2D eigenvalue weighted by Gasteiger charge is 2.20. The number of carbonyl (C=O) groups is 1. The van der Waals surface area contributed by atoms with Gasteiger partial charge >= 0.3 is 0 Å². The number of halogens is 1. The van der Waals surface area contributed by atoms with Crippen LogP contribution >= 0.6 is 11.6 Å². The average molecular weight is 494 g/mol. The molecule has 0 bridgehead atoms. The Morgan fingerprint density at radius 2 is 1.89 bits per heavy atom. The average Bonchev–Trinajstić information content (AvgIpc) is 2.79. The molecule has 3 aromatic rings. The minimum atomic E-state index is -0.267. The van der Waals surface area contributed by atoms with Crippen molar-refractivity contribution in [2.24, 2.45) is 0 Å². The summed E-state index contributed by atoms with van der Waals surface area (Å²) in [6.07, 6.45) is 4.11. The van der Waals surface area contributed by atoms with E-state index in [-0.39, 0.29) is 17.4 Å². The molecule has 3 heterocycles. The van der Waals surface area contributed by atoms with Gasteiger partial charge in [-0.1, -0.05) is 38.4 Å². The first-order chi connectivity index (χ1) is 16.6. The van der Waals surface area contributed by atoms with Crippen molar-refractivity contribution >= 4 is 40.6 Å². The molecule has 8 nitrogen and oxygen atoms in total. The summed E-state index contributed by atoms with van der Waals surface area (Å²) in [5.74, 6) is 0.469. The second-order valence-corrected chi connectivity index (χ2v) is 10.5. The van der Waals surface area contributed by atoms with E-state index in [1.165, 1.54) is 17.3 Å². The number of rotatable bonds is 6. The number of hydrogen-bond donors (Lipinski definition) is 4. The molecule has 4 N–H and O–H groups in total. The third-order valence-electron chi connectivity index (χ3n) is 5.68. The molecule has 0 saturated heterocycles. The predicted octanol–water partition coefficient (Wildman–Crippen LogP) is 5.09. The molecule has 1 aromatic carbocycles. The van der Waals surface area contributed by atoms with E-state index in [0.29, 0.717) is 28.0 Å². The number of aromatic nitrogens is 3. The van der Waals surface area contributed by atoms with E-state index < -0.39 is 0 Å². The highest BCUT2D eigenvalue weighted by molar-refractivity contribution is 6.33. The molecule has 0 spiro atoms. The first-order valence-corrected chi connectivity index (χ1v) is 12.2. The minimum absolute atomic E-state index is 0.0323. The summed E-state index contributed by atoms with van der Waals surface area (Å²) >= 11 is 6.46. The van der Waals surface area contributed by atoms with Gasteiger partial charge in [-0.3, -0.25) is 9.78 Å². The van der Waals surface area contributed by atoms with E-state index in [9.17, 15) is 4.79 Å². The summed E-state index contributed by atoms with van der Waals surface area (Å²) in [5.41, 5.74) is 5.15.